The first-order valence-electron chi connectivity index (χ1n) is 27.2. The molecule has 0 aromatic carbocycles. The van der Waals surface area contributed by atoms with Crippen molar-refractivity contribution in [2.24, 2.45) is 107 Å². The van der Waals surface area contributed by atoms with Gasteiger partial charge < -0.3 is 0 Å². The highest BCUT2D eigenvalue weighted by atomic mass is 14.7. The van der Waals surface area contributed by atoms with Gasteiger partial charge in [-0.25, -0.2) is 0 Å². The van der Waals surface area contributed by atoms with E-state index in [2.05, 4.69) is 24.3 Å². The molecule has 10 rings (SSSR count). The molecule has 0 radical (unpaired) electrons. The molecule has 0 bridgehead atoms. The van der Waals surface area contributed by atoms with Crippen molar-refractivity contribution in [3.05, 3.63) is 24.3 Å². The molecule has 0 aliphatic heterocycles. The van der Waals surface area contributed by atoms with E-state index in [1.165, 1.54) is 89.9 Å². The largest absolute Gasteiger partial charge is 0.0851 e. The van der Waals surface area contributed by atoms with E-state index in [9.17, 15) is 0 Å². The Morgan fingerprint density at radius 2 is 0.411 bits per heavy atom. The molecule has 0 heteroatoms. The minimum atomic E-state index is 0.908. The zero-order valence-corrected chi connectivity index (χ0v) is 36.7. The highest BCUT2D eigenvalue weighted by Crippen LogP contribution is 2.68. The molecule has 0 aromatic rings. The van der Waals surface area contributed by atoms with Gasteiger partial charge in [0.25, 0.3) is 0 Å². The lowest BCUT2D eigenvalue weighted by molar-refractivity contribution is -0.176. The lowest BCUT2D eigenvalue weighted by Crippen LogP contribution is -2.60. The van der Waals surface area contributed by atoms with Crippen LogP contribution in [0.5, 0.6) is 0 Å². The third-order valence-electron chi connectivity index (χ3n) is 21.2. The molecule has 10 aliphatic rings. The minimum absolute atomic E-state index is 0.908. The molecule has 0 nitrogen and oxygen atoms in total. The maximum atomic E-state index is 2.91. The molecule has 10 fully saturated rings. The van der Waals surface area contributed by atoms with Crippen LogP contribution in [-0.4, -0.2) is 0 Å². The van der Waals surface area contributed by atoms with Crippen LogP contribution in [-0.2, 0) is 0 Å². The van der Waals surface area contributed by atoms with E-state index < -0.39 is 0 Å². The van der Waals surface area contributed by atoms with Crippen LogP contribution >= 0.6 is 0 Å². The fraction of sp³-hybridized carbons (Fsp3) is 0.929. The van der Waals surface area contributed by atoms with Gasteiger partial charge in [-0.15, -0.1) is 0 Å². The Morgan fingerprint density at radius 3 is 0.714 bits per heavy atom. The summed E-state index contributed by atoms with van der Waals surface area (Å²) in [6, 6.07) is 0. The topological polar surface area (TPSA) is 0 Å². The van der Waals surface area contributed by atoms with Crippen LogP contribution in [0.3, 0.4) is 0 Å². The molecular formula is C56H90. The predicted molar refractivity (Wildman–Crippen MR) is 238 cm³/mol. The van der Waals surface area contributed by atoms with Crippen molar-refractivity contribution in [1.82, 2.24) is 0 Å². The van der Waals surface area contributed by atoms with Gasteiger partial charge >= 0.3 is 0 Å². The number of rotatable bonds is 7. The molecule has 0 aromatic heterocycles. The highest BCUT2D eigenvalue weighted by Gasteiger charge is 2.62. The van der Waals surface area contributed by atoms with Gasteiger partial charge in [0.1, 0.15) is 0 Å². The number of allylic oxidation sites excluding steroid dienone is 4. The van der Waals surface area contributed by atoms with Crippen LogP contribution in [0.1, 0.15) is 218 Å². The zero-order valence-electron chi connectivity index (χ0n) is 36.7. The Labute approximate surface area is 347 Å². The molecule has 0 heterocycles. The molecule has 12 atom stereocenters. The number of hydrogen-bond acceptors (Lipinski definition) is 0. The maximum Gasteiger partial charge on any atom is -0.0202 e. The summed E-state index contributed by atoms with van der Waals surface area (Å²) in [6.07, 6.45) is 64.3. The maximum absolute atomic E-state index is 2.91. The number of fused-ring (bicyclic) bond motifs is 4. The van der Waals surface area contributed by atoms with Crippen LogP contribution in [0, 0.1) is 107 Å². The van der Waals surface area contributed by atoms with E-state index >= 15 is 0 Å². The summed E-state index contributed by atoms with van der Waals surface area (Å²) >= 11 is 0. The first kappa shape index (κ1) is 39.6. The Morgan fingerprint density at radius 1 is 0.179 bits per heavy atom. The van der Waals surface area contributed by atoms with Gasteiger partial charge in [0, 0.05) is 0 Å². The summed E-state index contributed by atoms with van der Waals surface area (Å²) in [5.41, 5.74) is 0. The molecule has 12 unspecified atom stereocenters. The van der Waals surface area contributed by atoms with Crippen LogP contribution in [0.4, 0.5) is 0 Å². The van der Waals surface area contributed by atoms with Gasteiger partial charge in [0.2, 0.25) is 0 Å². The highest BCUT2D eigenvalue weighted by molar-refractivity contribution is 5.12. The normalized spacial score (nSPS) is 48.5. The van der Waals surface area contributed by atoms with Gasteiger partial charge in [-0.05, 0) is 209 Å². The lowest BCUT2D eigenvalue weighted by atomic mass is 9.39. The first-order chi connectivity index (χ1) is 27.8. The van der Waals surface area contributed by atoms with E-state index in [1.54, 1.807) is 128 Å². The summed E-state index contributed by atoms with van der Waals surface area (Å²) in [7, 11) is 0. The van der Waals surface area contributed by atoms with Crippen molar-refractivity contribution >= 4 is 0 Å². The second-order valence-corrected chi connectivity index (χ2v) is 23.5. The van der Waals surface area contributed by atoms with Crippen LogP contribution in [0.25, 0.3) is 0 Å². The fourth-order valence-electron chi connectivity index (χ4n) is 19.3. The molecule has 56 heavy (non-hydrogen) atoms. The molecule has 0 spiro atoms. The van der Waals surface area contributed by atoms with E-state index in [0.717, 1.165) is 107 Å². The second kappa shape index (κ2) is 18.6. The fourth-order valence-corrected chi connectivity index (χ4v) is 19.3. The Kier molecular flexibility index (Phi) is 13.2. The SMILES string of the molecule is C(=CC1CCCCC1C1C2CCCCC2C(C2C3CCCCC3C(C3CCCCC3C=CC3CCCCC3)C3CCCCC32)C2CCCCC21)C1CCCCC1. The van der Waals surface area contributed by atoms with Crippen molar-refractivity contribution in [3.8, 4) is 0 Å². The summed E-state index contributed by atoms with van der Waals surface area (Å²) in [6.45, 7) is 0. The van der Waals surface area contributed by atoms with Crippen molar-refractivity contribution in [3.63, 3.8) is 0 Å². The zero-order chi connectivity index (χ0) is 37.3. The van der Waals surface area contributed by atoms with Crippen molar-refractivity contribution in [2.75, 3.05) is 0 Å². The van der Waals surface area contributed by atoms with Gasteiger partial charge in [-0.2, -0.15) is 0 Å². The molecule has 314 valence electrons. The first-order valence-corrected chi connectivity index (χ1v) is 27.2. The van der Waals surface area contributed by atoms with E-state index in [1.807, 2.05) is 0 Å². The van der Waals surface area contributed by atoms with Crippen molar-refractivity contribution in [1.29, 1.82) is 0 Å². The lowest BCUT2D eigenvalue weighted by Gasteiger charge is -2.66. The van der Waals surface area contributed by atoms with E-state index in [0.29, 0.717) is 0 Å². The molecule has 10 saturated carbocycles. The van der Waals surface area contributed by atoms with Gasteiger partial charge in [0.05, 0.1) is 0 Å². The molecular weight excluding hydrogens is 673 g/mol. The van der Waals surface area contributed by atoms with E-state index in [4.69, 9.17) is 0 Å². The van der Waals surface area contributed by atoms with Crippen molar-refractivity contribution < 1.29 is 0 Å². The smallest absolute Gasteiger partial charge is 0.0202 e. The van der Waals surface area contributed by atoms with Gasteiger partial charge in [-0.1, -0.05) is 140 Å². The average molecular weight is 763 g/mol. The Bertz CT molecular complexity index is 1130. The summed E-state index contributed by atoms with van der Waals surface area (Å²) in [5.74, 6) is 18.7. The summed E-state index contributed by atoms with van der Waals surface area (Å²) in [5, 5.41) is 0. The molecule has 0 N–H and O–H groups in total. The summed E-state index contributed by atoms with van der Waals surface area (Å²) < 4.78 is 0. The molecule has 10 aliphatic carbocycles. The third-order valence-corrected chi connectivity index (χ3v) is 21.2. The van der Waals surface area contributed by atoms with Crippen molar-refractivity contribution in [2.45, 2.75) is 218 Å². The quantitative estimate of drug-likeness (QED) is 0.227. The summed E-state index contributed by atoms with van der Waals surface area (Å²) in [4.78, 5) is 0. The standard InChI is InChI=1S/C56H90/c1-3-19-39(20-4-1)35-37-41-23-7-9-25-43(41)53-45-27-11-15-31-49(45)55(50-32-16-12-28-46(50)53)56-51-33-17-13-29-47(51)54(48-30-14-18-34-52(48)56)44-26-10-8-24-42(44)38-36-40-21-5-2-6-22-40/h35-56H,1-34H2. The van der Waals surface area contributed by atoms with Crippen LogP contribution in [0.15, 0.2) is 24.3 Å². The monoisotopic (exact) mass is 763 g/mol. The molecule has 0 amide bonds. The minimum Gasteiger partial charge on any atom is -0.0851 e. The second-order valence-electron chi connectivity index (χ2n) is 23.5. The Hall–Kier alpha value is -0.520. The number of hydrogen-bond donors (Lipinski definition) is 0. The van der Waals surface area contributed by atoms with Gasteiger partial charge in [-0.3, -0.25) is 0 Å². The van der Waals surface area contributed by atoms with Gasteiger partial charge in [0.15, 0.2) is 0 Å². The van der Waals surface area contributed by atoms with E-state index in [-0.39, 0.29) is 0 Å². The van der Waals surface area contributed by atoms with Crippen LogP contribution < -0.4 is 0 Å². The Balaban J connectivity index is 0.969. The average Bonchev–Trinajstić information content (AvgIpc) is 3.27. The predicted octanol–water partition coefficient (Wildman–Crippen LogP) is 16.6. The third kappa shape index (κ3) is 8.02. The molecule has 0 saturated heterocycles. The van der Waals surface area contributed by atoms with Crippen LogP contribution in [0.2, 0.25) is 0 Å².